The molecule has 1 spiro atoms. The molecule has 13 rings (SSSR count). The molecule has 1 aliphatic carbocycles. The molecule has 2 aromatic heterocycles. The van der Waals surface area contributed by atoms with Crippen molar-refractivity contribution in [2.75, 3.05) is 14.7 Å². The van der Waals surface area contributed by atoms with Crippen LogP contribution in [0.5, 0.6) is 0 Å². The molecular formula is C53H33N5Se2. The Labute approximate surface area is 361 Å². The summed E-state index contributed by atoms with van der Waals surface area (Å²) in [7, 11) is 0. The summed E-state index contributed by atoms with van der Waals surface area (Å²) >= 11 is 0.401. The number of anilines is 9. The standard InChI is InChI=1S/C53H33N5Se2/c1-2-14-34(15-3-1)56-41-28-26-35(57-43-18-4-8-22-47(43)59-48-23-9-5-19-44(48)57)32-39(41)53(37-16-12-30-54-51(37)52-38(53)17-13-31-55-52)40-33-36(27-29-42(40)56)58-45-20-6-10-24-49(45)60-50-25-11-7-21-46(50)58/h1-33H. The van der Waals surface area contributed by atoms with Gasteiger partial charge in [0.2, 0.25) is 0 Å². The molecule has 5 heterocycles. The van der Waals surface area contributed by atoms with Crippen LogP contribution < -0.4 is 32.5 Å². The Morgan fingerprint density at radius 2 is 0.700 bits per heavy atom. The number of benzene rings is 7. The van der Waals surface area contributed by atoms with Crippen molar-refractivity contribution in [1.29, 1.82) is 0 Å². The Morgan fingerprint density at radius 1 is 0.317 bits per heavy atom. The molecule has 9 aromatic rings. The summed E-state index contributed by atoms with van der Waals surface area (Å²) in [5.74, 6) is 0. The average Bonchev–Trinajstić information content (AvgIpc) is 3.61. The number of fused-ring (bicyclic) bond motifs is 13. The minimum absolute atomic E-state index is 0.200. The van der Waals surface area contributed by atoms with Crippen LogP contribution in [0.2, 0.25) is 0 Å². The van der Waals surface area contributed by atoms with Gasteiger partial charge in [-0.25, -0.2) is 0 Å². The van der Waals surface area contributed by atoms with Crippen LogP contribution in [0.3, 0.4) is 0 Å². The zero-order valence-electron chi connectivity index (χ0n) is 32.1. The molecule has 0 saturated carbocycles. The molecule has 282 valence electrons. The van der Waals surface area contributed by atoms with E-state index in [0.29, 0.717) is 0 Å². The van der Waals surface area contributed by atoms with Crippen LogP contribution in [0.4, 0.5) is 51.2 Å². The van der Waals surface area contributed by atoms with Crippen LogP contribution >= 0.6 is 0 Å². The molecule has 0 saturated heterocycles. The number of pyridine rings is 2. The van der Waals surface area contributed by atoms with Gasteiger partial charge in [-0.1, -0.05) is 0 Å². The molecule has 0 radical (unpaired) electrons. The summed E-state index contributed by atoms with van der Waals surface area (Å²) in [6.07, 6.45) is 3.83. The number of para-hydroxylation sites is 5. The topological polar surface area (TPSA) is 35.5 Å². The van der Waals surface area contributed by atoms with Gasteiger partial charge in [0.25, 0.3) is 0 Å². The van der Waals surface area contributed by atoms with E-state index in [9.17, 15) is 0 Å². The van der Waals surface area contributed by atoms with Gasteiger partial charge >= 0.3 is 363 Å². The second-order valence-corrected chi connectivity index (χ2v) is 19.9. The van der Waals surface area contributed by atoms with Gasteiger partial charge < -0.3 is 0 Å². The predicted molar refractivity (Wildman–Crippen MR) is 247 cm³/mol. The van der Waals surface area contributed by atoms with E-state index >= 15 is 0 Å². The first kappa shape index (κ1) is 34.2. The van der Waals surface area contributed by atoms with Gasteiger partial charge in [-0.15, -0.1) is 0 Å². The van der Waals surface area contributed by atoms with Gasteiger partial charge in [-0.05, 0) is 0 Å². The Balaban J connectivity index is 1.15. The monoisotopic (exact) mass is 899 g/mol. The number of hydrogen-bond acceptors (Lipinski definition) is 5. The first-order valence-electron chi connectivity index (χ1n) is 20.1. The second-order valence-electron chi connectivity index (χ2n) is 15.4. The van der Waals surface area contributed by atoms with Crippen LogP contribution in [0, 0.1) is 0 Å². The van der Waals surface area contributed by atoms with Crippen molar-refractivity contribution in [1.82, 2.24) is 9.97 Å². The number of nitrogens with zero attached hydrogens (tertiary/aromatic N) is 5. The molecule has 0 unspecified atom stereocenters. The molecule has 0 N–H and O–H groups in total. The number of rotatable bonds is 3. The zero-order chi connectivity index (χ0) is 39.4. The summed E-state index contributed by atoms with van der Waals surface area (Å²) in [5, 5.41) is 0. The maximum atomic E-state index is 5.12. The SMILES string of the molecule is c1ccc(N2c3ccc(N4c5ccccc5[Se]c5ccccc54)cc3C3(c4cc(N5c6ccccc6[Se]c6ccccc65)ccc42)c2cccnc2-c2ncccc23)cc1. The van der Waals surface area contributed by atoms with Crippen molar-refractivity contribution >= 4 is 98.9 Å². The Hall–Kier alpha value is -6.72. The zero-order valence-corrected chi connectivity index (χ0v) is 35.5. The average molecular weight is 898 g/mol. The molecule has 0 atom stereocenters. The molecular weight excluding hydrogens is 865 g/mol. The van der Waals surface area contributed by atoms with Crippen LogP contribution in [0.1, 0.15) is 22.3 Å². The maximum absolute atomic E-state index is 5.12. The van der Waals surface area contributed by atoms with Gasteiger partial charge in [0.15, 0.2) is 0 Å². The van der Waals surface area contributed by atoms with Crippen LogP contribution in [-0.2, 0) is 5.41 Å². The fourth-order valence-corrected chi connectivity index (χ4v) is 14.4. The fraction of sp³-hybridized carbons (Fsp3) is 0.0189. The molecule has 0 bridgehead atoms. The van der Waals surface area contributed by atoms with E-state index in [2.05, 4.69) is 203 Å². The molecule has 7 aromatic carbocycles. The van der Waals surface area contributed by atoms with Crippen molar-refractivity contribution < 1.29 is 0 Å². The molecule has 7 heteroatoms. The summed E-state index contributed by atoms with van der Waals surface area (Å²) in [5.41, 5.74) is 16.4. The van der Waals surface area contributed by atoms with E-state index in [4.69, 9.17) is 9.97 Å². The normalized spacial score (nSPS) is 14.6. The summed E-state index contributed by atoms with van der Waals surface area (Å²) < 4.78 is 5.52. The van der Waals surface area contributed by atoms with Crippen molar-refractivity contribution in [2.24, 2.45) is 0 Å². The van der Waals surface area contributed by atoms with Gasteiger partial charge in [-0.3, -0.25) is 0 Å². The molecule has 5 nitrogen and oxygen atoms in total. The van der Waals surface area contributed by atoms with E-state index in [0.717, 1.165) is 51.0 Å². The van der Waals surface area contributed by atoms with E-state index in [1.54, 1.807) is 0 Å². The van der Waals surface area contributed by atoms with Crippen molar-refractivity contribution in [3.05, 3.63) is 223 Å². The van der Waals surface area contributed by atoms with Gasteiger partial charge in [-0.2, -0.15) is 0 Å². The van der Waals surface area contributed by atoms with E-state index in [1.165, 1.54) is 51.7 Å². The van der Waals surface area contributed by atoms with Gasteiger partial charge in [0.05, 0.1) is 0 Å². The molecule has 4 aliphatic rings. The second kappa shape index (κ2) is 13.1. The first-order valence-corrected chi connectivity index (χ1v) is 23.6. The third-order valence-electron chi connectivity index (χ3n) is 12.3. The minimum atomic E-state index is -0.743. The van der Waals surface area contributed by atoms with Crippen molar-refractivity contribution in [3.63, 3.8) is 0 Å². The summed E-state index contributed by atoms with van der Waals surface area (Å²) in [4.78, 5) is 17.7. The molecule has 60 heavy (non-hydrogen) atoms. The van der Waals surface area contributed by atoms with Crippen LogP contribution in [0.25, 0.3) is 11.4 Å². The number of hydrogen-bond donors (Lipinski definition) is 0. The van der Waals surface area contributed by atoms with E-state index in [1.807, 2.05) is 12.4 Å². The third-order valence-corrected chi connectivity index (χ3v) is 17.0. The first-order chi connectivity index (χ1) is 29.8. The number of aromatic nitrogens is 2. The van der Waals surface area contributed by atoms with E-state index < -0.39 is 5.41 Å². The van der Waals surface area contributed by atoms with Crippen molar-refractivity contribution in [2.45, 2.75) is 5.41 Å². The third kappa shape index (κ3) is 4.75. The molecule has 0 fully saturated rings. The van der Waals surface area contributed by atoms with Crippen LogP contribution in [0.15, 0.2) is 200 Å². The van der Waals surface area contributed by atoms with Gasteiger partial charge in [0.1, 0.15) is 0 Å². The predicted octanol–water partition coefficient (Wildman–Crippen LogP) is 9.50. The Kier molecular flexibility index (Phi) is 7.48. The van der Waals surface area contributed by atoms with Gasteiger partial charge in [0, 0.05) is 0 Å². The quantitative estimate of drug-likeness (QED) is 0.165. The Morgan fingerprint density at radius 3 is 1.13 bits per heavy atom. The van der Waals surface area contributed by atoms with Crippen molar-refractivity contribution in [3.8, 4) is 11.4 Å². The summed E-state index contributed by atoms with van der Waals surface area (Å²) in [6, 6.07) is 69.6. The molecule has 3 aliphatic heterocycles. The summed E-state index contributed by atoms with van der Waals surface area (Å²) in [6.45, 7) is 0. The van der Waals surface area contributed by atoms with Crippen LogP contribution in [-0.4, -0.2) is 39.9 Å². The fourth-order valence-electron chi connectivity index (χ4n) is 9.93. The molecule has 0 amide bonds. The van der Waals surface area contributed by atoms with E-state index in [-0.39, 0.29) is 29.9 Å². The Bertz CT molecular complexity index is 2930.